The van der Waals surface area contributed by atoms with Gasteiger partial charge in [-0.05, 0) is 46.6 Å². The molecule has 0 aliphatic carbocycles. The van der Waals surface area contributed by atoms with Crippen LogP contribution in [-0.2, 0) is 4.57 Å². The Morgan fingerprint density at radius 2 is 0.822 bits per heavy atom. The van der Waals surface area contributed by atoms with E-state index in [0.29, 0.717) is 17.5 Å². The highest BCUT2D eigenvalue weighted by molar-refractivity contribution is 7.79. The average molecular weight is 598 g/mol. The van der Waals surface area contributed by atoms with Crippen LogP contribution >= 0.6 is 7.14 Å². The Morgan fingerprint density at radius 1 is 0.400 bits per heavy atom. The standard InChI is InChI=1S/C40H28N3OP/c1-45(44)35-23-9-8-21-34(35)37-33(22-12-24-36(37)45)31-19-10-17-29(25-31)30-18-11-20-32(26-30)40-42-38(27-13-4-2-5-14-27)41-39(43-40)28-15-6-3-7-16-28/h2-26H,1H3. The van der Waals surface area contributed by atoms with E-state index < -0.39 is 7.14 Å². The molecule has 0 fully saturated rings. The molecule has 6 aromatic carbocycles. The average Bonchev–Trinajstić information content (AvgIpc) is 3.35. The van der Waals surface area contributed by atoms with Crippen molar-refractivity contribution in [2.24, 2.45) is 0 Å². The molecule has 0 amide bonds. The van der Waals surface area contributed by atoms with E-state index in [4.69, 9.17) is 15.0 Å². The van der Waals surface area contributed by atoms with Crippen molar-refractivity contribution in [1.82, 2.24) is 15.0 Å². The predicted molar refractivity (Wildman–Crippen MR) is 185 cm³/mol. The smallest absolute Gasteiger partial charge is 0.164 e. The maximum atomic E-state index is 13.9. The summed E-state index contributed by atoms with van der Waals surface area (Å²) in [6.07, 6.45) is 0. The zero-order valence-corrected chi connectivity index (χ0v) is 25.5. The monoisotopic (exact) mass is 597 g/mol. The first-order valence-corrected chi connectivity index (χ1v) is 17.1. The minimum atomic E-state index is -2.65. The van der Waals surface area contributed by atoms with E-state index >= 15 is 0 Å². The molecule has 1 aromatic heterocycles. The van der Waals surface area contributed by atoms with Crippen molar-refractivity contribution >= 4 is 17.8 Å². The number of benzene rings is 6. The number of nitrogens with zero attached hydrogens (tertiary/aromatic N) is 3. The van der Waals surface area contributed by atoms with Gasteiger partial charge in [0.05, 0.1) is 0 Å². The SMILES string of the molecule is CP1(=O)c2ccccc2-c2c(-c3cccc(-c4cccc(-c5nc(-c6ccccc6)nc(-c6ccccc6)n5)c4)c3)cccc21. The molecule has 2 heterocycles. The van der Waals surface area contributed by atoms with Crippen molar-refractivity contribution in [3.8, 4) is 67.5 Å². The molecule has 1 atom stereocenters. The van der Waals surface area contributed by atoms with Crippen LogP contribution in [0.25, 0.3) is 67.5 Å². The Bertz CT molecular complexity index is 2210. The van der Waals surface area contributed by atoms with Crippen LogP contribution in [-0.4, -0.2) is 21.6 Å². The molecular formula is C40H28N3OP. The highest BCUT2D eigenvalue weighted by Crippen LogP contribution is 2.52. The third-order valence-corrected chi connectivity index (χ3v) is 11.1. The zero-order valence-electron chi connectivity index (χ0n) is 24.6. The van der Waals surface area contributed by atoms with E-state index in [1.165, 1.54) is 0 Å². The minimum absolute atomic E-state index is 0.622. The van der Waals surface area contributed by atoms with Crippen molar-refractivity contribution in [3.05, 3.63) is 152 Å². The molecule has 8 rings (SSSR count). The first-order valence-electron chi connectivity index (χ1n) is 15.0. The van der Waals surface area contributed by atoms with Gasteiger partial charge in [0.1, 0.15) is 7.14 Å². The van der Waals surface area contributed by atoms with E-state index in [2.05, 4.69) is 54.6 Å². The maximum absolute atomic E-state index is 13.9. The van der Waals surface area contributed by atoms with Gasteiger partial charge in [-0.2, -0.15) is 0 Å². The first-order chi connectivity index (χ1) is 22.1. The van der Waals surface area contributed by atoms with Crippen LogP contribution in [0.15, 0.2) is 152 Å². The molecule has 0 bridgehead atoms. The van der Waals surface area contributed by atoms with Crippen LogP contribution in [0.4, 0.5) is 0 Å². The molecule has 0 spiro atoms. The van der Waals surface area contributed by atoms with Gasteiger partial charge in [-0.25, -0.2) is 15.0 Å². The van der Waals surface area contributed by atoms with Gasteiger partial charge in [0.15, 0.2) is 17.5 Å². The quantitative estimate of drug-likeness (QED) is 0.186. The van der Waals surface area contributed by atoms with Crippen molar-refractivity contribution < 1.29 is 4.57 Å². The van der Waals surface area contributed by atoms with E-state index in [0.717, 1.165) is 60.7 Å². The highest BCUT2D eigenvalue weighted by Gasteiger charge is 2.35. The second-order valence-corrected chi connectivity index (χ2v) is 14.2. The minimum Gasteiger partial charge on any atom is -0.314 e. The lowest BCUT2D eigenvalue weighted by Crippen LogP contribution is -2.07. The van der Waals surface area contributed by atoms with Crippen LogP contribution in [0.5, 0.6) is 0 Å². The van der Waals surface area contributed by atoms with Crippen LogP contribution in [0.2, 0.25) is 0 Å². The third-order valence-electron chi connectivity index (χ3n) is 8.46. The Hall–Kier alpha value is -5.44. The summed E-state index contributed by atoms with van der Waals surface area (Å²) in [5, 5.41) is 1.88. The van der Waals surface area contributed by atoms with E-state index in [9.17, 15) is 4.57 Å². The van der Waals surface area contributed by atoms with E-state index in [-0.39, 0.29) is 0 Å². The van der Waals surface area contributed by atoms with Crippen molar-refractivity contribution in [3.63, 3.8) is 0 Å². The van der Waals surface area contributed by atoms with E-state index in [1.807, 2.05) is 104 Å². The molecule has 5 heteroatoms. The summed E-state index contributed by atoms with van der Waals surface area (Å²) >= 11 is 0. The summed E-state index contributed by atoms with van der Waals surface area (Å²) < 4.78 is 13.9. The number of hydrogen-bond acceptors (Lipinski definition) is 4. The Labute approximate surface area is 262 Å². The summed E-state index contributed by atoms with van der Waals surface area (Å²) in [6.45, 7) is 1.89. The topological polar surface area (TPSA) is 55.7 Å². The number of hydrogen-bond donors (Lipinski definition) is 0. The molecule has 7 aromatic rings. The summed E-state index contributed by atoms with van der Waals surface area (Å²) in [6, 6.07) is 51.3. The van der Waals surface area contributed by atoms with Gasteiger partial charge in [0.2, 0.25) is 0 Å². The fraction of sp³-hybridized carbons (Fsp3) is 0.0250. The molecule has 1 aliphatic heterocycles. The van der Waals surface area contributed by atoms with Gasteiger partial charge in [-0.1, -0.05) is 140 Å². The fourth-order valence-corrected chi connectivity index (χ4v) is 8.56. The van der Waals surface area contributed by atoms with Crippen LogP contribution in [0.3, 0.4) is 0 Å². The lowest BCUT2D eigenvalue weighted by molar-refractivity contribution is 0.591. The number of fused-ring (bicyclic) bond motifs is 3. The molecule has 0 radical (unpaired) electrons. The van der Waals surface area contributed by atoms with Crippen LogP contribution in [0.1, 0.15) is 0 Å². The summed E-state index contributed by atoms with van der Waals surface area (Å²) in [5.74, 6) is 1.90. The van der Waals surface area contributed by atoms with Crippen molar-refractivity contribution in [1.29, 1.82) is 0 Å². The molecule has 1 unspecified atom stereocenters. The molecule has 4 nitrogen and oxygen atoms in total. The molecular weight excluding hydrogens is 569 g/mol. The number of aromatic nitrogens is 3. The van der Waals surface area contributed by atoms with Gasteiger partial charge < -0.3 is 4.57 Å². The fourth-order valence-electron chi connectivity index (χ4n) is 6.25. The predicted octanol–water partition coefficient (Wildman–Crippen LogP) is 9.13. The normalized spacial score (nSPS) is 15.0. The molecule has 214 valence electrons. The lowest BCUT2D eigenvalue weighted by atomic mass is 9.92. The first kappa shape index (κ1) is 27.1. The van der Waals surface area contributed by atoms with Gasteiger partial charge in [-0.15, -0.1) is 0 Å². The summed E-state index contributed by atoms with van der Waals surface area (Å²) in [7, 11) is -2.65. The van der Waals surface area contributed by atoms with Crippen LogP contribution in [0, 0.1) is 0 Å². The molecule has 1 aliphatic rings. The van der Waals surface area contributed by atoms with Gasteiger partial charge in [0, 0.05) is 32.9 Å². The van der Waals surface area contributed by atoms with E-state index in [1.54, 1.807) is 0 Å². The highest BCUT2D eigenvalue weighted by atomic mass is 31.2. The molecule has 45 heavy (non-hydrogen) atoms. The number of rotatable bonds is 5. The Kier molecular flexibility index (Phi) is 6.59. The molecule has 0 saturated carbocycles. The third kappa shape index (κ3) is 4.81. The van der Waals surface area contributed by atoms with Gasteiger partial charge in [-0.3, -0.25) is 0 Å². The Balaban J connectivity index is 1.23. The van der Waals surface area contributed by atoms with Crippen LogP contribution < -0.4 is 10.6 Å². The largest absolute Gasteiger partial charge is 0.314 e. The molecule has 0 N–H and O–H groups in total. The second-order valence-electron chi connectivity index (χ2n) is 11.3. The van der Waals surface area contributed by atoms with Crippen molar-refractivity contribution in [2.45, 2.75) is 0 Å². The zero-order chi connectivity index (χ0) is 30.4. The second kappa shape index (κ2) is 10.9. The van der Waals surface area contributed by atoms with Gasteiger partial charge in [0.25, 0.3) is 0 Å². The summed E-state index contributed by atoms with van der Waals surface area (Å²) in [4.78, 5) is 14.7. The summed E-state index contributed by atoms with van der Waals surface area (Å²) in [5.41, 5.74) is 9.27. The lowest BCUT2D eigenvalue weighted by Gasteiger charge is -2.13. The molecule has 0 saturated heterocycles. The van der Waals surface area contributed by atoms with Gasteiger partial charge >= 0.3 is 0 Å². The maximum Gasteiger partial charge on any atom is 0.164 e. The Morgan fingerprint density at radius 3 is 1.47 bits per heavy atom. The van der Waals surface area contributed by atoms with Crippen molar-refractivity contribution in [2.75, 3.05) is 6.66 Å².